The number of ether oxygens (including phenoxy) is 2. The van der Waals surface area contributed by atoms with Crippen molar-refractivity contribution in [3.63, 3.8) is 0 Å². The van der Waals surface area contributed by atoms with Gasteiger partial charge in [-0.15, -0.1) is 11.8 Å². The molecule has 17 heavy (non-hydrogen) atoms. The highest BCUT2D eigenvalue weighted by molar-refractivity contribution is 7.99. The van der Waals surface area contributed by atoms with E-state index in [4.69, 9.17) is 9.47 Å². The van der Waals surface area contributed by atoms with E-state index in [0.717, 1.165) is 23.6 Å². The van der Waals surface area contributed by atoms with Crippen LogP contribution in [0.25, 0.3) is 0 Å². The standard InChI is InChI=1S/C12H15NO3S/c1-2-15-12(14)13-10-5-3-9(4-6-10)11-16-7-8-17-11/h3-6,11H,2,7-8H2,1H3,(H,13,14)/t11-/m0/s1. The molecule has 1 N–H and O–H groups in total. The molecule has 1 heterocycles. The summed E-state index contributed by atoms with van der Waals surface area (Å²) >= 11 is 1.79. The van der Waals surface area contributed by atoms with Crippen LogP contribution in [0.4, 0.5) is 10.5 Å². The maximum absolute atomic E-state index is 11.2. The lowest BCUT2D eigenvalue weighted by molar-refractivity contribution is 0.145. The van der Waals surface area contributed by atoms with E-state index in [2.05, 4.69) is 5.32 Å². The SMILES string of the molecule is CCOC(=O)Nc1ccc([C@H]2OCCS2)cc1. The average molecular weight is 253 g/mol. The molecule has 1 aliphatic heterocycles. The normalized spacial score (nSPS) is 19.0. The van der Waals surface area contributed by atoms with Gasteiger partial charge in [-0.3, -0.25) is 5.32 Å². The summed E-state index contributed by atoms with van der Waals surface area (Å²) in [5.41, 5.74) is 1.99. The summed E-state index contributed by atoms with van der Waals surface area (Å²) in [6, 6.07) is 7.64. The Hall–Kier alpha value is -1.20. The highest BCUT2D eigenvalue weighted by Gasteiger charge is 2.17. The van der Waals surface area contributed by atoms with Crippen molar-refractivity contribution in [1.82, 2.24) is 0 Å². The van der Waals surface area contributed by atoms with Gasteiger partial charge in [0.25, 0.3) is 0 Å². The predicted octanol–water partition coefficient (Wildman–Crippen LogP) is 3.02. The number of hydrogen-bond acceptors (Lipinski definition) is 4. The lowest BCUT2D eigenvalue weighted by atomic mass is 10.2. The van der Waals surface area contributed by atoms with E-state index in [1.807, 2.05) is 24.3 Å². The summed E-state index contributed by atoms with van der Waals surface area (Å²) in [4.78, 5) is 11.2. The first-order valence-corrected chi connectivity index (χ1v) is 6.61. The van der Waals surface area contributed by atoms with E-state index in [0.29, 0.717) is 6.61 Å². The van der Waals surface area contributed by atoms with Gasteiger partial charge in [0.2, 0.25) is 0 Å². The smallest absolute Gasteiger partial charge is 0.411 e. The quantitative estimate of drug-likeness (QED) is 0.899. The Balaban J connectivity index is 1.95. The molecule has 1 amide bonds. The van der Waals surface area contributed by atoms with Crippen LogP contribution in [-0.2, 0) is 9.47 Å². The van der Waals surface area contributed by atoms with E-state index < -0.39 is 6.09 Å². The van der Waals surface area contributed by atoms with Crippen LogP contribution in [0.3, 0.4) is 0 Å². The van der Waals surface area contributed by atoms with Crippen molar-refractivity contribution in [2.45, 2.75) is 12.4 Å². The van der Waals surface area contributed by atoms with Crippen molar-refractivity contribution >= 4 is 23.5 Å². The number of rotatable bonds is 3. The molecule has 92 valence electrons. The molecule has 5 heteroatoms. The van der Waals surface area contributed by atoms with Crippen LogP contribution in [-0.4, -0.2) is 25.1 Å². The Morgan fingerprint density at radius 2 is 2.29 bits per heavy atom. The van der Waals surface area contributed by atoms with Crippen molar-refractivity contribution in [1.29, 1.82) is 0 Å². The number of thioether (sulfide) groups is 1. The molecular weight excluding hydrogens is 238 g/mol. The molecule has 1 atom stereocenters. The molecule has 0 spiro atoms. The first-order chi connectivity index (χ1) is 8.29. The number of nitrogens with one attached hydrogen (secondary N) is 1. The molecular formula is C12H15NO3S. The average Bonchev–Trinajstić information content (AvgIpc) is 2.84. The molecule has 0 aromatic heterocycles. The minimum absolute atomic E-state index is 0.131. The molecule has 0 radical (unpaired) electrons. The Morgan fingerprint density at radius 1 is 1.53 bits per heavy atom. The second-order valence-corrected chi connectivity index (χ2v) is 4.71. The van der Waals surface area contributed by atoms with Gasteiger partial charge in [0.05, 0.1) is 13.2 Å². The fraction of sp³-hybridized carbons (Fsp3) is 0.417. The van der Waals surface area contributed by atoms with Crippen molar-refractivity contribution in [2.24, 2.45) is 0 Å². The summed E-state index contributed by atoms with van der Waals surface area (Å²) < 4.78 is 10.3. The number of hydrogen-bond donors (Lipinski definition) is 1. The largest absolute Gasteiger partial charge is 0.450 e. The van der Waals surface area contributed by atoms with Gasteiger partial charge in [-0.05, 0) is 24.6 Å². The summed E-state index contributed by atoms with van der Waals surface area (Å²) in [5.74, 6) is 1.04. The number of carbonyl (C=O) groups is 1. The second kappa shape index (κ2) is 5.93. The van der Waals surface area contributed by atoms with Crippen LogP contribution in [0.2, 0.25) is 0 Å². The van der Waals surface area contributed by atoms with Crippen molar-refractivity contribution in [3.8, 4) is 0 Å². The molecule has 2 rings (SSSR count). The van der Waals surface area contributed by atoms with E-state index >= 15 is 0 Å². The fourth-order valence-corrected chi connectivity index (χ4v) is 2.51. The molecule has 0 bridgehead atoms. The predicted molar refractivity (Wildman–Crippen MR) is 68.2 cm³/mol. The number of amides is 1. The monoisotopic (exact) mass is 253 g/mol. The molecule has 0 saturated carbocycles. The molecule has 0 aliphatic carbocycles. The van der Waals surface area contributed by atoms with Gasteiger partial charge in [0.15, 0.2) is 0 Å². The van der Waals surface area contributed by atoms with E-state index in [1.165, 1.54) is 0 Å². The molecule has 1 aliphatic rings. The molecule has 1 aromatic carbocycles. The lowest BCUT2D eigenvalue weighted by Crippen LogP contribution is -2.13. The van der Waals surface area contributed by atoms with Gasteiger partial charge < -0.3 is 9.47 Å². The maximum atomic E-state index is 11.2. The first-order valence-electron chi connectivity index (χ1n) is 5.56. The third-order valence-electron chi connectivity index (χ3n) is 2.33. The van der Waals surface area contributed by atoms with Crippen LogP contribution in [0, 0.1) is 0 Å². The Labute approximate surface area is 105 Å². The van der Waals surface area contributed by atoms with E-state index in [9.17, 15) is 4.79 Å². The summed E-state index contributed by atoms with van der Waals surface area (Å²) in [7, 11) is 0. The van der Waals surface area contributed by atoms with Crippen molar-refractivity contribution in [3.05, 3.63) is 29.8 Å². The zero-order valence-corrected chi connectivity index (χ0v) is 10.5. The minimum atomic E-state index is -0.424. The third-order valence-corrected chi connectivity index (χ3v) is 3.44. The summed E-state index contributed by atoms with van der Waals surface area (Å²) in [5, 5.41) is 2.65. The third kappa shape index (κ3) is 3.38. The van der Waals surface area contributed by atoms with Gasteiger partial charge in [-0.2, -0.15) is 0 Å². The zero-order chi connectivity index (χ0) is 12.1. The minimum Gasteiger partial charge on any atom is -0.450 e. The Bertz CT molecular complexity index is 374. The first kappa shape index (κ1) is 12.3. The Kier molecular flexibility index (Phi) is 4.28. The summed E-state index contributed by atoms with van der Waals surface area (Å²) in [6.07, 6.45) is -0.424. The van der Waals surface area contributed by atoms with Gasteiger partial charge >= 0.3 is 6.09 Å². The molecule has 1 saturated heterocycles. The molecule has 4 nitrogen and oxygen atoms in total. The summed E-state index contributed by atoms with van der Waals surface area (Å²) in [6.45, 7) is 2.95. The lowest BCUT2D eigenvalue weighted by Gasteiger charge is -2.10. The van der Waals surface area contributed by atoms with E-state index in [-0.39, 0.29) is 5.44 Å². The molecule has 0 unspecified atom stereocenters. The topological polar surface area (TPSA) is 47.6 Å². The van der Waals surface area contributed by atoms with Crippen LogP contribution in [0.5, 0.6) is 0 Å². The van der Waals surface area contributed by atoms with Gasteiger partial charge in [0, 0.05) is 11.4 Å². The van der Waals surface area contributed by atoms with Crippen molar-refractivity contribution in [2.75, 3.05) is 24.3 Å². The maximum Gasteiger partial charge on any atom is 0.411 e. The van der Waals surface area contributed by atoms with Gasteiger partial charge in [-0.25, -0.2) is 4.79 Å². The van der Waals surface area contributed by atoms with Gasteiger partial charge in [-0.1, -0.05) is 12.1 Å². The van der Waals surface area contributed by atoms with Crippen LogP contribution < -0.4 is 5.32 Å². The van der Waals surface area contributed by atoms with Gasteiger partial charge in [0.1, 0.15) is 5.44 Å². The second-order valence-electron chi connectivity index (χ2n) is 3.54. The van der Waals surface area contributed by atoms with Crippen molar-refractivity contribution < 1.29 is 14.3 Å². The number of anilines is 1. The van der Waals surface area contributed by atoms with Crippen LogP contribution in [0.1, 0.15) is 17.9 Å². The number of carbonyl (C=O) groups excluding carboxylic acids is 1. The number of benzene rings is 1. The molecule has 1 fully saturated rings. The Morgan fingerprint density at radius 3 is 2.88 bits per heavy atom. The van der Waals surface area contributed by atoms with Crippen LogP contribution in [0.15, 0.2) is 24.3 Å². The van der Waals surface area contributed by atoms with Crippen LogP contribution >= 0.6 is 11.8 Å². The fourth-order valence-electron chi connectivity index (χ4n) is 1.56. The van der Waals surface area contributed by atoms with E-state index in [1.54, 1.807) is 18.7 Å². The zero-order valence-electron chi connectivity index (χ0n) is 9.64. The highest BCUT2D eigenvalue weighted by Crippen LogP contribution is 2.35. The molecule has 1 aromatic rings. The highest BCUT2D eigenvalue weighted by atomic mass is 32.2.